The summed E-state index contributed by atoms with van der Waals surface area (Å²) in [7, 11) is 0. The summed E-state index contributed by atoms with van der Waals surface area (Å²) in [4.78, 5) is 11.7. The van der Waals surface area contributed by atoms with Crippen LogP contribution in [0.25, 0.3) is 0 Å². The Labute approximate surface area is 132 Å². The average Bonchev–Trinajstić information content (AvgIpc) is 2.45. The molecule has 22 heavy (non-hydrogen) atoms. The van der Waals surface area contributed by atoms with Gasteiger partial charge in [-0.25, -0.2) is 4.79 Å². The third-order valence-corrected chi connectivity index (χ3v) is 3.46. The first-order chi connectivity index (χ1) is 10.3. The van der Waals surface area contributed by atoms with Crippen molar-refractivity contribution < 1.29 is 14.3 Å². The minimum Gasteiger partial charge on any atom is -0.486 e. The first-order valence-electron chi connectivity index (χ1n) is 7.76. The normalized spacial score (nSPS) is 13.6. The average molecular weight is 306 g/mol. The molecule has 2 N–H and O–H groups in total. The molecule has 0 spiro atoms. The molecule has 5 heteroatoms. The number of ether oxygens (including phenoxy) is 2. The van der Waals surface area contributed by atoms with Crippen LogP contribution in [0.1, 0.15) is 31.9 Å². The van der Waals surface area contributed by atoms with Gasteiger partial charge in [0.25, 0.3) is 0 Å². The van der Waals surface area contributed by atoms with E-state index in [2.05, 4.69) is 31.4 Å². The van der Waals surface area contributed by atoms with Crippen molar-refractivity contribution in [3.8, 4) is 11.5 Å². The van der Waals surface area contributed by atoms with Gasteiger partial charge in [0.2, 0.25) is 0 Å². The maximum Gasteiger partial charge on any atom is 0.314 e. The number of rotatable bonds is 4. The Bertz CT molecular complexity index is 535. The molecule has 0 saturated heterocycles. The predicted molar refractivity (Wildman–Crippen MR) is 86.7 cm³/mol. The van der Waals surface area contributed by atoms with Gasteiger partial charge in [-0.05, 0) is 42.0 Å². The van der Waals surface area contributed by atoms with Crippen molar-refractivity contribution in [1.29, 1.82) is 0 Å². The van der Waals surface area contributed by atoms with Gasteiger partial charge in [-0.2, -0.15) is 0 Å². The third kappa shape index (κ3) is 4.83. The molecular weight excluding hydrogens is 280 g/mol. The first-order valence-corrected chi connectivity index (χ1v) is 7.76. The van der Waals surface area contributed by atoms with Gasteiger partial charge in [0, 0.05) is 13.1 Å². The molecule has 1 aliphatic rings. The van der Waals surface area contributed by atoms with Crippen molar-refractivity contribution >= 4 is 6.03 Å². The van der Waals surface area contributed by atoms with Crippen LogP contribution in [0.15, 0.2) is 12.1 Å². The van der Waals surface area contributed by atoms with Crippen LogP contribution < -0.4 is 20.1 Å². The molecule has 0 atom stereocenters. The predicted octanol–water partition coefficient (Wildman–Crippen LogP) is 2.65. The van der Waals surface area contributed by atoms with Gasteiger partial charge < -0.3 is 20.1 Å². The van der Waals surface area contributed by atoms with Gasteiger partial charge in [0.15, 0.2) is 11.5 Å². The fourth-order valence-electron chi connectivity index (χ4n) is 2.22. The van der Waals surface area contributed by atoms with Crippen molar-refractivity contribution in [2.45, 2.75) is 34.1 Å². The lowest BCUT2D eigenvalue weighted by Gasteiger charge is -2.21. The SMILES string of the molecule is Cc1cc2c(cc1CCNC(=O)NCC(C)(C)C)OCCO2. The van der Waals surface area contributed by atoms with Gasteiger partial charge in [-0.3, -0.25) is 0 Å². The highest BCUT2D eigenvalue weighted by Gasteiger charge is 2.14. The molecule has 0 fully saturated rings. The Morgan fingerprint density at radius 3 is 2.41 bits per heavy atom. The molecule has 0 aliphatic carbocycles. The largest absolute Gasteiger partial charge is 0.486 e. The van der Waals surface area contributed by atoms with Crippen molar-refractivity contribution in [3.63, 3.8) is 0 Å². The highest BCUT2D eigenvalue weighted by atomic mass is 16.6. The Morgan fingerprint density at radius 2 is 1.77 bits per heavy atom. The van der Waals surface area contributed by atoms with Crippen LogP contribution >= 0.6 is 0 Å². The number of hydrogen-bond acceptors (Lipinski definition) is 3. The second kappa shape index (κ2) is 6.90. The van der Waals surface area contributed by atoms with Gasteiger partial charge in [-0.1, -0.05) is 20.8 Å². The fraction of sp³-hybridized carbons (Fsp3) is 0.588. The first kappa shape index (κ1) is 16.5. The number of amides is 2. The number of hydrogen-bond donors (Lipinski definition) is 2. The van der Waals surface area contributed by atoms with E-state index in [1.54, 1.807) is 0 Å². The van der Waals surface area contributed by atoms with E-state index in [4.69, 9.17) is 9.47 Å². The Morgan fingerprint density at radius 1 is 1.14 bits per heavy atom. The lowest BCUT2D eigenvalue weighted by Crippen LogP contribution is -2.40. The van der Waals surface area contributed by atoms with Crippen LogP contribution in [-0.2, 0) is 6.42 Å². The zero-order valence-electron chi connectivity index (χ0n) is 13.9. The van der Waals surface area contributed by atoms with Crippen LogP contribution in [0.5, 0.6) is 11.5 Å². The molecule has 2 rings (SSSR count). The monoisotopic (exact) mass is 306 g/mol. The van der Waals surface area contributed by atoms with E-state index in [-0.39, 0.29) is 11.4 Å². The molecule has 1 aromatic rings. The van der Waals surface area contributed by atoms with E-state index in [9.17, 15) is 4.79 Å². The minimum absolute atomic E-state index is 0.0871. The summed E-state index contributed by atoms with van der Waals surface area (Å²) in [6, 6.07) is 3.90. The molecule has 0 saturated carbocycles. The van der Waals surface area contributed by atoms with E-state index in [0.29, 0.717) is 26.3 Å². The van der Waals surface area contributed by atoms with E-state index in [0.717, 1.165) is 23.5 Å². The van der Waals surface area contributed by atoms with Crippen LogP contribution in [0, 0.1) is 12.3 Å². The van der Waals surface area contributed by atoms with Gasteiger partial charge in [0.05, 0.1) is 0 Å². The maximum atomic E-state index is 11.7. The van der Waals surface area contributed by atoms with Gasteiger partial charge in [0.1, 0.15) is 13.2 Å². The Kier molecular flexibility index (Phi) is 5.16. The summed E-state index contributed by atoms with van der Waals surface area (Å²) in [5, 5.41) is 5.77. The van der Waals surface area contributed by atoms with Crippen molar-refractivity contribution in [2.24, 2.45) is 5.41 Å². The molecule has 1 aliphatic heterocycles. The summed E-state index contributed by atoms with van der Waals surface area (Å²) in [5.74, 6) is 1.60. The zero-order chi connectivity index (χ0) is 16.2. The van der Waals surface area contributed by atoms with E-state index >= 15 is 0 Å². The molecule has 0 radical (unpaired) electrons. The number of carbonyl (C=O) groups is 1. The molecule has 5 nitrogen and oxygen atoms in total. The number of aryl methyl sites for hydroxylation is 1. The molecular formula is C17H26N2O3. The highest BCUT2D eigenvalue weighted by Crippen LogP contribution is 2.33. The van der Waals surface area contributed by atoms with Gasteiger partial charge in [-0.15, -0.1) is 0 Å². The lowest BCUT2D eigenvalue weighted by atomic mass is 9.97. The van der Waals surface area contributed by atoms with Crippen molar-refractivity contribution in [2.75, 3.05) is 26.3 Å². The van der Waals surface area contributed by atoms with Crippen molar-refractivity contribution in [3.05, 3.63) is 23.3 Å². The number of nitrogens with one attached hydrogen (secondary N) is 2. The molecule has 2 amide bonds. The Balaban J connectivity index is 1.83. The quantitative estimate of drug-likeness (QED) is 0.899. The zero-order valence-corrected chi connectivity index (χ0v) is 13.9. The number of urea groups is 1. The third-order valence-electron chi connectivity index (χ3n) is 3.46. The van der Waals surface area contributed by atoms with Crippen LogP contribution in [-0.4, -0.2) is 32.3 Å². The second-order valence-corrected chi connectivity index (χ2v) is 6.84. The molecule has 0 unspecified atom stereocenters. The maximum absolute atomic E-state index is 11.7. The fourth-order valence-corrected chi connectivity index (χ4v) is 2.22. The van der Waals surface area contributed by atoms with Gasteiger partial charge >= 0.3 is 6.03 Å². The van der Waals surface area contributed by atoms with Crippen molar-refractivity contribution in [1.82, 2.24) is 10.6 Å². The standard InChI is InChI=1S/C17H26N2O3/c1-12-9-14-15(22-8-7-21-14)10-13(12)5-6-18-16(20)19-11-17(2,3)4/h9-10H,5-8,11H2,1-4H3,(H2,18,19,20). The lowest BCUT2D eigenvalue weighted by molar-refractivity contribution is 0.171. The summed E-state index contributed by atoms with van der Waals surface area (Å²) in [6.07, 6.45) is 0.769. The molecule has 0 bridgehead atoms. The van der Waals surface area contributed by atoms with E-state index in [1.165, 1.54) is 5.56 Å². The number of fused-ring (bicyclic) bond motifs is 1. The van der Waals surface area contributed by atoms with Crippen LogP contribution in [0.4, 0.5) is 4.79 Å². The Hall–Kier alpha value is -1.91. The summed E-state index contributed by atoms with van der Waals surface area (Å²) in [6.45, 7) is 10.7. The minimum atomic E-state index is -0.120. The summed E-state index contributed by atoms with van der Waals surface area (Å²) < 4.78 is 11.2. The summed E-state index contributed by atoms with van der Waals surface area (Å²) in [5.41, 5.74) is 2.41. The molecule has 0 aromatic heterocycles. The number of carbonyl (C=O) groups excluding carboxylic acids is 1. The van der Waals surface area contributed by atoms with E-state index in [1.807, 2.05) is 19.1 Å². The topological polar surface area (TPSA) is 59.6 Å². The molecule has 1 heterocycles. The van der Waals surface area contributed by atoms with Crippen LogP contribution in [0.3, 0.4) is 0 Å². The van der Waals surface area contributed by atoms with E-state index < -0.39 is 0 Å². The highest BCUT2D eigenvalue weighted by molar-refractivity contribution is 5.73. The molecule has 122 valence electrons. The smallest absolute Gasteiger partial charge is 0.314 e. The summed E-state index contributed by atoms with van der Waals surface area (Å²) >= 11 is 0. The van der Waals surface area contributed by atoms with Crippen LogP contribution in [0.2, 0.25) is 0 Å². The molecule has 1 aromatic carbocycles. The second-order valence-electron chi connectivity index (χ2n) is 6.84. The number of benzene rings is 1.